The SMILES string of the molecule is CN1CCN(C2CCN(c3cnc4c(-c5ccnc6cc(Cl)ccc56)cnn4c3)CC2)CC1. The third-order valence-electron chi connectivity index (χ3n) is 7.22. The zero-order valence-corrected chi connectivity index (χ0v) is 19.6. The highest BCUT2D eigenvalue weighted by Gasteiger charge is 2.27. The lowest BCUT2D eigenvalue weighted by Crippen LogP contribution is -2.52. The van der Waals surface area contributed by atoms with Crippen molar-refractivity contribution in [2.45, 2.75) is 18.9 Å². The number of hydrogen-bond acceptors (Lipinski definition) is 6. The van der Waals surface area contributed by atoms with Gasteiger partial charge in [-0.2, -0.15) is 5.10 Å². The number of piperazine rings is 1. The van der Waals surface area contributed by atoms with Crippen LogP contribution in [0.15, 0.2) is 49.1 Å². The average molecular weight is 462 g/mol. The van der Waals surface area contributed by atoms with Crippen LogP contribution in [0.1, 0.15) is 12.8 Å². The number of anilines is 1. The molecule has 33 heavy (non-hydrogen) atoms. The summed E-state index contributed by atoms with van der Waals surface area (Å²) in [6, 6.07) is 8.53. The maximum absolute atomic E-state index is 6.16. The normalized spacial score (nSPS) is 19.0. The molecular weight excluding hydrogens is 434 g/mol. The Morgan fingerprint density at radius 1 is 0.909 bits per heavy atom. The lowest BCUT2D eigenvalue weighted by Gasteiger charge is -2.42. The van der Waals surface area contributed by atoms with Crippen LogP contribution in [0.4, 0.5) is 5.69 Å². The average Bonchev–Trinajstić information content (AvgIpc) is 3.27. The van der Waals surface area contributed by atoms with Crippen molar-refractivity contribution >= 4 is 33.8 Å². The summed E-state index contributed by atoms with van der Waals surface area (Å²) in [5, 5.41) is 6.37. The monoisotopic (exact) mass is 461 g/mol. The molecule has 0 N–H and O–H groups in total. The van der Waals surface area contributed by atoms with Crippen LogP contribution in [0.25, 0.3) is 27.7 Å². The van der Waals surface area contributed by atoms with Gasteiger partial charge in [0.15, 0.2) is 5.65 Å². The maximum atomic E-state index is 6.16. The molecule has 3 aromatic heterocycles. The molecule has 0 spiro atoms. The maximum Gasteiger partial charge on any atom is 0.162 e. The van der Waals surface area contributed by atoms with Crippen molar-refractivity contribution < 1.29 is 0 Å². The highest BCUT2D eigenvalue weighted by Crippen LogP contribution is 2.32. The van der Waals surface area contributed by atoms with Crippen LogP contribution in [0.5, 0.6) is 0 Å². The summed E-state index contributed by atoms with van der Waals surface area (Å²) < 4.78 is 1.90. The summed E-state index contributed by atoms with van der Waals surface area (Å²) in [7, 11) is 2.22. The van der Waals surface area contributed by atoms with Crippen LogP contribution in [0.3, 0.4) is 0 Å². The number of fused-ring (bicyclic) bond motifs is 2. The third kappa shape index (κ3) is 3.94. The van der Waals surface area contributed by atoms with Crippen molar-refractivity contribution in [1.82, 2.24) is 29.4 Å². The predicted octanol–water partition coefficient (Wildman–Crippen LogP) is 3.81. The highest BCUT2D eigenvalue weighted by molar-refractivity contribution is 6.31. The van der Waals surface area contributed by atoms with E-state index in [2.05, 4.69) is 38.0 Å². The Balaban J connectivity index is 1.23. The molecule has 7 nitrogen and oxygen atoms in total. The summed E-state index contributed by atoms with van der Waals surface area (Å²) in [5.74, 6) is 0. The van der Waals surface area contributed by atoms with Gasteiger partial charge in [-0.05, 0) is 43.7 Å². The highest BCUT2D eigenvalue weighted by atomic mass is 35.5. The number of rotatable bonds is 3. The summed E-state index contributed by atoms with van der Waals surface area (Å²) in [6.07, 6.45) is 10.2. The molecule has 0 saturated carbocycles. The number of halogens is 1. The lowest BCUT2D eigenvalue weighted by molar-refractivity contribution is 0.0982. The Kier molecular flexibility index (Phi) is 5.40. The minimum atomic E-state index is 0.686. The summed E-state index contributed by atoms with van der Waals surface area (Å²) in [6.45, 7) is 6.88. The minimum absolute atomic E-state index is 0.686. The summed E-state index contributed by atoms with van der Waals surface area (Å²) in [5.41, 5.74) is 4.94. The van der Waals surface area contributed by atoms with Gasteiger partial charge in [0.25, 0.3) is 0 Å². The molecule has 1 aromatic carbocycles. The van der Waals surface area contributed by atoms with Crippen LogP contribution >= 0.6 is 11.6 Å². The van der Waals surface area contributed by atoms with Crippen LogP contribution in [0, 0.1) is 0 Å². The number of aromatic nitrogens is 4. The van der Waals surface area contributed by atoms with E-state index in [0.29, 0.717) is 11.1 Å². The Morgan fingerprint density at radius 2 is 1.73 bits per heavy atom. The third-order valence-corrected chi connectivity index (χ3v) is 7.46. The second kappa shape index (κ2) is 8.56. The molecule has 8 heteroatoms. The van der Waals surface area contributed by atoms with Gasteiger partial charge in [-0.3, -0.25) is 9.88 Å². The van der Waals surface area contributed by atoms with Gasteiger partial charge >= 0.3 is 0 Å². The van der Waals surface area contributed by atoms with Gasteiger partial charge in [0, 0.05) is 67.5 Å². The zero-order valence-electron chi connectivity index (χ0n) is 18.9. The Labute approximate surface area is 198 Å². The molecule has 0 bridgehead atoms. The van der Waals surface area contributed by atoms with Gasteiger partial charge in [-0.1, -0.05) is 17.7 Å². The topological polar surface area (TPSA) is 52.8 Å². The van der Waals surface area contributed by atoms with Crippen LogP contribution in [-0.4, -0.2) is 81.7 Å². The van der Waals surface area contributed by atoms with E-state index in [4.69, 9.17) is 16.6 Å². The second-order valence-electron chi connectivity index (χ2n) is 9.22. The number of benzene rings is 1. The second-order valence-corrected chi connectivity index (χ2v) is 9.65. The van der Waals surface area contributed by atoms with Gasteiger partial charge in [0.2, 0.25) is 0 Å². The fraction of sp³-hybridized carbons (Fsp3) is 0.400. The summed E-state index contributed by atoms with van der Waals surface area (Å²) >= 11 is 6.16. The van der Waals surface area contributed by atoms with Crippen molar-refractivity contribution in [3.8, 4) is 11.1 Å². The van der Waals surface area contributed by atoms with Gasteiger partial charge in [-0.15, -0.1) is 0 Å². The number of piperidine rings is 1. The van der Waals surface area contributed by atoms with Crippen molar-refractivity contribution in [1.29, 1.82) is 0 Å². The standard InChI is InChI=1S/C25H28ClN7/c1-30-10-12-32(13-11-30)19-5-8-31(9-6-19)20-15-28-25-23(16-29-33(25)17-20)21-4-7-27-24-14-18(26)2-3-22(21)24/h2-4,7,14-17,19H,5-6,8-13H2,1H3. The van der Waals surface area contributed by atoms with Crippen molar-refractivity contribution in [2.24, 2.45) is 0 Å². The van der Waals surface area contributed by atoms with E-state index in [0.717, 1.165) is 46.5 Å². The quantitative estimate of drug-likeness (QED) is 0.462. The van der Waals surface area contributed by atoms with Crippen LogP contribution in [0.2, 0.25) is 5.02 Å². The van der Waals surface area contributed by atoms with Gasteiger partial charge in [0.05, 0.1) is 29.8 Å². The first kappa shape index (κ1) is 20.8. The molecule has 2 aliphatic rings. The zero-order chi connectivity index (χ0) is 22.4. The molecular formula is C25H28ClN7. The Bertz CT molecular complexity index is 1290. The van der Waals surface area contributed by atoms with Gasteiger partial charge in [0.1, 0.15) is 0 Å². The Morgan fingerprint density at radius 3 is 2.55 bits per heavy atom. The molecule has 5 heterocycles. The number of hydrogen-bond donors (Lipinski definition) is 0. The van der Waals surface area contributed by atoms with E-state index in [9.17, 15) is 0 Å². The molecule has 0 atom stereocenters. The fourth-order valence-corrected chi connectivity index (χ4v) is 5.42. The van der Waals surface area contributed by atoms with Crippen molar-refractivity contribution in [3.63, 3.8) is 0 Å². The molecule has 2 fully saturated rings. The fourth-order valence-electron chi connectivity index (χ4n) is 5.25. The summed E-state index contributed by atoms with van der Waals surface area (Å²) in [4.78, 5) is 16.9. The minimum Gasteiger partial charge on any atom is -0.369 e. The van der Waals surface area contributed by atoms with Crippen molar-refractivity contribution in [2.75, 3.05) is 51.2 Å². The van der Waals surface area contributed by atoms with Gasteiger partial charge in [-0.25, -0.2) is 9.50 Å². The predicted molar refractivity (Wildman–Crippen MR) is 133 cm³/mol. The molecule has 4 aromatic rings. The molecule has 0 amide bonds. The number of pyridine rings is 1. The van der Waals surface area contributed by atoms with E-state index < -0.39 is 0 Å². The molecule has 2 saturated heterocycles. The van der Waals surface area contributed by atoms with E-state index in [1.807, 2.05) is 47.4 Å². The first-order valence-electron chi connectivity index (χ1n) is 11.7. The molecule has 0 radical (unpaired) electrons. The van der Waals surface area contributed by atoms with Crippen LogP contribution in [-0.2, 0) is 0 Å². The molecule has 6 rings (SSSR count). The van der Waals surface area contributed by atoms with E-state index in [1.54, 1.807) is 0 Å². The van der Waals surface area contributed by atoms with Gasteiger partial charge < -0.3 is 9.80 Å². The van der Waals surface area contributed by atoms with Crippen LogP contribution < -0.4 is 4.90 Å². The van der Waals surface area contributed by atoms with E-state index in [-0.39, 0.29) is 0 Å². The molecule has 2 aliphatic heterocycles. The largest absolute Gasteiger partial charge is 0.369 e. The molecule has 0 aliphatic carbocycles. The first-order valence-corrected chi connectivity index (χ1v) is 12.1. The van der Waals surface area contributed by atoms with Crippen molar-refractivity contribution in [3.05, 3.63) is 54.1 Å². The van der Waals surface area contributed by atoms with E-state index in [1.165, 1.54) is 39.0 Å². The Hall–Kier alpha value is -2.74. The number of nitrogens with zero attached hydrogens (tertiary/aromatic N) is 7. The van der Waals surface area contributed by atoms with E-state index >= 15 is 0 Å². The first-order chi connectivity index (χ1) is 16.2. The lowest BCUT2D eigenvalue weighted by atomic mass is 10.0. The smallest absolute Gasteiger partial charge is 0.162 e. The number of likely N-dealkylation sites (N-methyl/N-ethyl adjacent to an activating group) is 1. The molecule has 0 unspecified atom stereocenters. The molecule has 170 valence electrons.